The average molecular weight is 251 g/mol. The van der Waals surface area contributed by atoms with Gasteiger partial charge in [0.15, 0.2) is 0 Å². The smallest absolute Gasteiger partial charge is 0.221 e. The van der Waals surface area contributed by atoms with Crippen molar-refractivity contribution in [2.45, 2.75) is 25.8 Å². The molecule has 0 aliphatic carbocycles. The maximum absolute atomic E-state index is 13.7. The second-order valence-corrected chi connectivity index (χ2v) is 4.54. The molecule has 3 N–H and O–H groups in total. The molecule has 5 heteroatoms. The molecule has 0 radical (unpaired) electrons. The van der Waals surface area contributed by atoms with Crippen LogP contribution in [0.2, 0.25) is 0 Å². The van der Waals surface area contributed by atoms with E-state index >= 15 is 0 Å². The summed E-state index contributed by atoms with van der Waals surface area (Å²) in [5, 5.41) is 9.11. The Morgan fingerprint density at radius 1 is 1.39 bits per heavy atom. The molecule has 0 saturated carbocycles. The summed E-state index contributed by atoms with van der Waals surface area (Å²) in [4.78, 5) is 11.0. The van der Waals surface area contributed by atoms with Gasteiger partial charge in [-0.2, -0.15) is 0 Å². The van der Waals surface area contributed by atoms with Crippen LogP contribution in [0.5, 0.6) is 0 Å². The van der Waals surface area contributed by atoms with Gasteiger partial charge in [-0.05, 0) is 44.1 Å². The Balaban J connectivity index is 2.07. The third-order valence-electron chi connectivity index (χ3n) is 2.99. The van der Waals surface area contributed by atoms with E-state index in [4.69, 9.17) is 0 Å². The molecule has 1 aromatic rings. The Kier molecular flexibility index (Phi) is 4.15. The molecule has 1 aliphatic rings. The molecule has 2 rings (SSSR count). The SMILES string of the molecule is CC(=O)Nc1ccc(F)c(NC2CCNCC2)c1. The Morgan fingerprint density at radius 2 is 2.11 bits per heavy atom. The number of anilines is 2. The van der Waals surface area contributed by atoms with Gasteiger partial charge in [-0.3, -0.25) is 4.79 Å². The topological polar surface area (TPSA) is 53.2 Å². The van der Waals surface area contributed by atoms with Crippen molar-refractivity contribution in [3.8, 4) is 0 Å². The zero-order valence-corrected chi connectivity index (χ0v) is 10.4. The Labute approximate surface area is 106 Å². The van der Waals surface area contributed by atoms with E-state index in [9.17, 15) is 9.18 Å². The highest BCUT2D eigenvalue weighted by Gasteiger charge is 2.14. The number of hydrogen-bond donors (Lipinski definition) is 3. The first-order valence-corrected chi connectivity index (χ1v) is 6.19. The van der Waals surface area contributed by atoms with E-state index in [0.29, 0.717) is 11.4 Å². The summed E-state index contributed by atoms with van der Waals surface area (Å²) in [6.07, 6.45) is 1.95. The van der Waals surface area contributed by atoms with Gasteiger partial charge in [-0.25, -0.2) is 4.39 Å². The van der Waals surface area contributed by atoms with E-state index in [1.54, 1.807) is 12.1 Å². The van der Waals surface area contributed by atoms with E-state index < -0.39 is 0 Å². The minimum atomic E-state index is -0.289. The van der Waals surface area contributed by atoms with Crippen LogP contribution >= 0.6 is 0 Å². The van der Waals surface area contributed by atoms with E-state index in [2.05, 4.69) is 16.0 Å². The van der Waals surface area contributed by atoms with Gasteiger partial charge in [0.2, 0.25) is 5.91 Å². The molecule has 1 saturated heterocycles. The second-order valence-electron chi connectivity index (χ2n) is 4.54. The number of hydrogen-bond acceptors (Lipinski definition) is 3. The minimum absolute atomic E-state index is 0.158. The summed E-state index contributed by atoms with van der Waals surface area (Å²) in [5.41, 5.74) is 1.06. The van der Waals surface area contributed by atoms with Gasteiger partial charge in [-0.15, -0.1) is 0 Å². The number of rotatable bonds is 3. The van der Waals surface area contributed by atoms with Crippen LogP contribution in [-0.4, -0.2) is 25.0 Å². The van der Waals surface area contributed by atoms with Gasteiger partial charge in [0.05, 0.1) is 5.69 Å². The minimum Gasteiger partial charge on any atom is -0.380 e. The van der Waals surface area contributed by atoms with Crippen LogP contribution in [-0.2, 0) is 4.79 Å². The molecule has 0 bridgehead atoms. The molecule has 1 amide bonds. The first-order valence-electron chi connectivity index (χ1n) is 6.19. The van der Waals surface area contributed by atoms with Crippen molar-refractivity contribution in [2.75, 3.05) is 23.7 Å². The lowest BCUT2D eigenvalue weighted by molar-refractivity contribution is -0.114. The second kappa shape index (κ2) is 5.82. The molecule has 98 valence electrons. The summed E-state index contributed by atoms with van der Waals surface area (Å²) < 4.78 is 13.7. The van der Waals surface area contributed by atoms with Crippen molar-refractivity contribution < 1.29 is 9.18 Å². The van der Waals surface area contributed by atoms with E-state index in [1.165, 1.54) is 13.0 Å². The Hall–Kier alpha value is -1.62. The summed E-state index contributed by atoms with van der Waals surface area (Å²) in [5.74, 6) is -0.447. The Bertz CT molecular complexity index is 430. The molecule has 1 aromatic carbocycles. The number of carbonyl (C=O) groups excluding carboxylic acids is 1. The number of amides is 1. The van der Waals surface area contributed by atoms with Gasteiger partial charge in [0.25, 0.3) is 0 Å². The molecule has 4 nitrogen and oxygen atoms in total. The maximum Gasteiger partial charge on any atom is 0.221 e. The van der Waals surface area contributed by atoms with Crippen LogP contribution in [0.1, 0.15) is 19.8 Å². The molecular weight excluding hydrogens is 233 g/mol. The maximum atomic E-state index is 13.7. The Morgan fingerprint density at radius 3 is 2.78 bits per heavy atom. The van der Waals surface area contributed by atoms with Crippen LogP contribution in [0.15, 0.2) is 18.2 Å². The highest BCUT2D eigenvalue weighted by atomic mass is 19.1. The fourth-order valence-corrected chi connectivity index (χ4v) is 2.10. The number of piperidine rings is 1. The van der Waals surface area contributed by atoms with Gasteiger partial charge in [0, 0.05) is 18.7 Å². The molecule has 1 heterocycles. The molecule has 0 aromatic heterocycles. The lowest BCUT2D eigenvalue weighted by Crippen LogP contribution is -2.35. The molecule has 1 fully saturated rings. The zero-order chi connectivity index (χ0) is 13.0. The molecule has 18 heavy (non-hydrogen) atoms. The van der Waals surface area contributed by atoms with Crippen molar-refractivity contribution in [2.24, 2.45) is 0 Å². The van der Waals surface area contributed by atoms with Gasteiger partial charge in [0.1, 0.15) is 5.82 Å². The summed E-state index contributed by atoms with van der Waals surface area (Å²) in [6.45, 7) is 3.33. The summed E-state index contributed by atoms with van der Waals surface area (Å²) in [6, 6.07) is 4.85. The highest BCUT2D eigenvalue weighted by molar-refractivity contribution is 5.89. The standard InChI is InChI=1S/C13H18FN3O/c1-9(18)16-11-2-3-12(14)13(8-11)17-10-4-6-15-7-5-10/h2-3,8,10,15,17H,4-7H2,1H3,(H,16,18). The molecule has 0 unspecified atom stereocenters. The summed E-state index contributed by atoms with van der Waals surface area (Å²) in [7, 11) is 0. The van der Waals surface area contributed by atoms with Crippen molar-refractivity contribution >= 4 is 17.3 Å². The average Bonchev–Trinajstić information content (AvgIpc) is 2.34. The van der Waals surface area contributed by atoms with Gasteiger partial charge in [-0.1, -0.05) is 0 Å². The van der Waals surface area contributed by atoms with Gasteiger partial charge >= 0.3 is 0 Å². The van der Waals surface area contributed by atoms with E-state index in [0.717, 1.165) is 25.9 Å². The van der Waals surface area contributed by atoms with Crippen LogP contribution < -0.4 is 16.0 Å². The number of carbonyl (C=O) groups is 1. The van der Waals surface area contributed by atoms with Crippen molar-refractivity contribution in [3.05, 3.63) is 24.0 Å². The number of benzene rings is 1. The van der Waals surface area contributed by atoms with E-state index in [1.807, 2.05) is 0 Å². The predicted octanol–water partition coefficient (Wildman–Crippen LogP) is 1.95. The van der Waals surface area contributed by atoms with Gasteiger partial charge < -0.3 is 16.0 Å². The van der Waals surface area contributed by atoms with Crippen molar-refractivity contribution in [1.29, 1.82) is 0 Å². The fourth-order valence-electron chi connectivity index (χ4n) is 2.10. The van der Waals surface area contributed by atoms with E-state index in [-0.39, 0.29) is 17.8 Å². The van der Waals surface area contributed by atoms with Crippen LogP contribution in [0.25, 0.3) is 0 Å². The first-order chi connectivity index (χ1) is 8.65. The third-order valence-corrected chi connectivity index (χ3v) is 2.99. The quantitative estimate of drug-likeness (QED) is 0.769. The largest absolute Gasteiger partial charge is 0.380 e. The molecule has 0 atom stereocenters. The predicted molar refractivity (Wildman–Crippen MR) is 70.2 cm³/mol. The van der Waals surface area contributed by atoms with Crippen LogP contribution in [0.4, 0.5) is 15.8 Å². The highest BCUT2D eigenvalue weighted by Crippen LogP contribution is 2.22. The number of halogens is 1. The van der Waals surface area contributed by atoms with Crippen LogP contribution in [0.3, 0.4) is 0 Å². The first kappa shape index (κ1) is 12.8. The van der Waals surface area contributed by atoms with Crippen LogP contribution in [0, 0.1) is 5.82 Å². The lowest BCUT2D eigenvalue weighted by atomic mass is 10.1. The van der Waals surface area contributed by atoms with Crippen molar-refractivity contribution in [3.63, 3.8) is 0 Å². The van der Waals surface area contributed by atoms with Crippen molar-refractivity contribution in [1.82, 2.24) is 5.32 Å². The third kappa shape index (κ3) is 3.43. The monoisotopic (exact) mass is 251 g/mol. The lowest BCUT2D eigenvalue weighted by Gasteiger charge is -2.25. The summed E-state index contributed by atoms with van der Waals surface area (Å²) >= 11 is 0. The molecule has 0 spiro atoms. The number of nitrogens with one attached hydrogen (secondary N) is 3. The normalized spacial score (nSPS) is 16.3. The molecule has 1 aliphatic heterocycles. The molecular formula is C13H18FN3O. The zero-order valence-electron chi connectivity index (χ0n) is 10.4. The fraction of sp³-hybridized carbons (Fsp3) is 0.462.